The van der Waals surface area contributed by atoms with Crippen molar-refractivity contribution in [1.29, 1.82) is 0 Å². The minimum atomic E-state index is -0.364. The van der Waals surface area contributed by atoms with E-state index in [-0.39, 0.29) is 17.5 Å². The largest absolute Gasteiger partial charge is 0.329 e. The number of aryl methyl sites for hydroxylation is 1. The first-order chi connectivity index (χ1) is 14.3. The molecule has 0 saturated heterocycles. The summed E-state index contributed by atoms with van der Waals surface area (Å²) in [5.74, 6) is 0.491. The SMILES string of the molecule is CCCCCN(C(=O)c1ccc(C)cc1)C(C)c1nc2cc(Cl)ccc2c(=O)n1C. The van der Waals surface area contributed by atoms with Crippen LogP contribution in [0.4, 0.5) is 0 Å². The Labute approximate surface area is 182 Å². The highest BCUT2D eigenvalue weighted by atomic mass is 35.5. The van der Waals surface area contributed by atoms with E-state index < -0.39 is 0 Å². The van der Waals surface area contributed by atoms with Crippen molar-refractivity contribution in [3.63, 3.8) is 0 Å². The highest BCUT2D eigenvalue weighted by molar-refractivity contribution is 6.31. The maximum atomic E-state index is 13.4. The molecule has 1 amide bonds. The molecule has 3 rings (SSSR count). The van der Waals surface area contributed by atoms with Gasteiger partial charge in [0.2, 0.25) is 0 Å². The quantitative estimate of drug-likeness (QED) is 0.483. The second-order valence-corrected chi connectivity index (χ2v) is 8.18. The van der Waals surface area contributed by atoms with Gasteiger partial charge in [0.05, 0.1) is 16.9 Å². The van der Waals surface area contributed by atoms with Gasteiger partial charge in [0.1, 0.15) is 5.82 Å². The molecule has 3 aromatic rings. The van der Waals surface area contributed by atoms with Crippen molar-refractivity contribution in [2.45, 2.75) is 46.1 Å². The van der Waals surface area contributed by atoms with Gasteiger partial charge in [-0.15, -0.1) is 0 Å². The molecule has 1 unspecified atom stereocenters. The number of nitrogens with zero attached hydrogens (tertiary/aromatic N) is 3. The highest BCUT2D eigenvalue weighted by Gasteiger charge is 2.26. The molecule has 0 radical (unpaired) electrons. The molecule has 0 aliphatic rings. The second kappa shape index (κ2) is 9.43. The number of carbonyl (C=O) groups excluding carboxylic acids is 1. The Hall–Kier alpha value is -2.66. The number of carbonyl (C=O) groups is 1. The average molecular weight is 426 g/mol. The fraction of sp³-hybridized carbons (Fsp3) is 0.375. The predicted molar refractivity (Wildman–Crippen MR) is 122 cm³/mol. The Morgan fingerprint density at radius 2 is 1.87 bits per heavy atom. The summed E-state index contributed by atoms with van der Waals surface area (Å²) in [6.45, 7) is 6.66. The van der Waals surface area contributed by atoms with E-state index in [0.717, 1.165) is 24.8 Å². The van der Waals surface area contributed by atoms with Gasteiger partial charge in [0, 0.05) is 24.2 Å². The number of benzene rings is 2. The van der Waals surface area contributed by atoms with Crippen molar-refractivity contribution in [1.82, 2.24) is 14.5 Å². The monoisotopic (exact) mass is 425 g/mol. The summed E-state index contributed by atoms with van der Waals surface area (Å²) in [6.07, 6.45) is 2.99. The van der Waals surface area contributed by atoms with E-state index in [4.69, 9.17) is 16.6 Å². The lowest BCUT2D eigenvalue weighted by molar-refractivity contribution is 0.0676. The van der Waals surface area contributed by atoms with E-state index in [9.17, 15) is 9.59 Å². The molecular formula is C24H28ClN3O2. The zero-order valence-corrected chi connectivity index (χ0v) is 18.7. The van der Waals surface area contributed by atoms with Gasteiger partial charge in [-0.25, -0.2) is 4.98 Å². The first kappa shape index (κ1) is 22.0. The minimum absolute atomic E-state index is 0.0564. The average Bonchev–Trinajstić information content (AvgIpc) is 2.73. The molecule has 1 atom stereocenters. The van der Waals surface area contributed by atoms with Crippen LogP contribution in [-0.4, -0.2) is 26.9 Å². The first-order valence-corrected chi connectivity index (χ1v) is 10.7. The van der Waals surface area contributed by atoms with E-state index in [1.807, 2.05) is 43.0 Å². The minimum Gasteiger partial charge on any atom is -0.329 e. The number of unbranched alkanes of at least 4 members (excludes halogenated alkanes) is 2. The van der Waals surface area contributed by atoms with Crippen LogP contribution in [-0.2, 0) is 7.05 Å². The molecule has 1 aromatic heterocycles. The summed E-state index contributed by atoms with van der Waals surface area (Å²) >= 11 is 6.12. The Morgan fingerprint density at radius 1 is 1.17 bits per heavy atom. The molecule has 0 bridgehead atoms. The number of hydrogen-bond donors (Lipinski definition) is 0. The summed E-state index contributed by atoms with van der Waals surface area (Å²) < 4.78 is 1.54. The van der Waals surface area contributed by atoms with Crippen LogP contribution in [0.3, 0.4) is 0 Å². The van der Waals surface area contributed by atoms with Gasteiger partial charge in [0.15, 0.2) is 0 Å². The third kappa shape index (κ3) is 4.57. The summed E-state index contributed by atoms with van der Waals surface area (Å²) in [5, 5.41) is 1.04. The van der Waals surface area contributed by atoms with Crippen LogP contribution in [0.2, 0.25) is 5.02 Å². The standard InChI is InChI=1S/C24H28ClN3O2/c1-5-6-7-14-28(23(29)18-10-8-16(2)9-11-18)17(3)22-26-21-15-19(25)12-13-20(21)24(30)27(22)4/h8-13,15,17H,5-7,14H2,1-4H3. The van der Waals surface area contributed by atoms with Crippen LogP contribution in [0, 0.1) is 6.92 Å². The highest BCUT2D eigenvalue weighted by Crippen LogP contribution is 2.24. The molecule has 30 heavy (non-hydrogen) atoms. The van der Waals surface area contributed by atoms with E-state index in [1.54, 1.807) is 25.2 Å². The van der Waals surface area contributed by atoms with Crippen molar-refractivity contribution in [2.24, 2.45) is 7.05 Å². The smallest absolute Gasteiger partial charge is 0.261 e. The zero-order chi connectivity index (χ0) is 21.8. The molecule has 5 nitrogen and oxygen atoms in total. The van der Waals surface area contributed by atoms with Crippen molar-refractivity contribution in [3.8, 4) is 0 Å². The number of halogens is 1. The van der Waals surface area contributed by atoms with E-state index in [2.05, 4.69) is 6.92 Å². The lowest BCUT2D eigenvalue weighted by Gasteiger charge is -2.30. The molecule has 0 fully saturated rings. The molecule has 0 aliphatic heterocycles. The predicted octanol–water partition coefficient (Wildman–Crippen LogP) is 5.29. The van der Waals surface area contributed by atoms with Crippen molar-refractivity contribution < 1.29 is 4.79 Å². The zero-order valence-electron chi connectivity index (χ0n) is 18.0. The summed E-state index contributed by atoms with van der Waals surface area (Å²) in [6, 6.07) is 12.3. The fourth-order valence-corrected chi connectivity index (χ4v) is 3.81. The van der Waals surface area contributed by atoms with Crippen LogP contribution >= 0.6 is 11.6 Å². The molecule has 1 heterocycles. The molecular weight excluding hydrogens is 398 g/mol. The molecule has 158 valence electrons. The van der Waals surface area contributed by atoms with Gasteiger partial charge in [-0.3, -0.25) is 14.2 Å². The van der Waals surface area contributed by atoms with Crippen LogP contribution in [0.15, 0.2) is 47.3 Å². The van der Waals surface area contributed by atoms with Gasteiger partial charge in [-0.05, 0) is 50.6 Å². The van der Waals surface area contributed by atoms with Crippen LogP contribution in [0.5, 0.6) is 0 Å². The number of amides is 1. The Balaban J connectivity index is 2.04. The second-order valence-electron chi connectivity index (χ2n) is 7.74. The number of fused-ring (bicyclic) bond motifs is 1. The van der Waals surface area contributed by atoms with E-state index in [1.165, 1.54) is 4.57 Å². The van der Waals surface area contributed by atoms with Gasteiger partial charge >= 0.3 is 0 Å². The van der Waals surface area contributed by atoms with Gasteiger partial charge in [0.25, 0.3) is 11.5 Å². The number of aromatic nitrogens is 2. The molecule has 2 aromatic carbocycles. The lowest BCUT2D eigenvalue weighted by Crippen LogP contribution is -2.38. The van der Waals surface area contributed by atoms with E-state index in [0.29, 0.717) is 33.9 Å². The Morgan fingerprint density at radius 3 is 2.53 bits per heavy atom. The molecule has 0 saturated carbocycles. The van der Waals surface area contributed by atoms with Crippen LogP contribution in [0.25, 0.3) is 10.9 Å². The number of hydrogen-bond acceptors (Lipinski definition) is 3. The van der Waals surface area contributed by atoms with Gasteiger partial charge in [-0.1, -0.05) is 49.1 Å². The normalized spacial score (nSPS) is 12.2. The van der Waals surface area contributed by atoms with Crippen molar-refractivity contribution in [3.05, 3.63) is 74.8 Å². The molecule has 0 aliphatic carbocycles. The Kier molecular flexibility index (Phi) is 6.93. The summed E-state index contributed by atoms with van der Waals surface area (Å²) in [5.41, 5.74) is 2.14. The fourth-order valence-electron chi connectivity index (χ4n) is 3.64. The van der Waals surface area contributed by atoms with Crippen LogP contribution < -0.4 is 5.56 Å². The number of rotatable bonds is 7. The summed E-state index contributed by atoms with van der Waals surface area (Å²) in [7, 11) is 1.70. The summed E-state index contributed by atoms with van der Waals surface area (Å²) in [4.78, 5) is 32.8. The van der Waals surface area contributed by atoms with Gasteiger partial charge in [-0.2, -0.15) is 0 Å². The topological polar surface area (TPSA) is 55.2 Å². The van der Waals surface area contributed by atoms with E-state index >= 15 is 0 Å². The molecule has 0 spiro atoms. The van der Waals surface area contributed by atoms with Gasteiger partial charge < -0.3 is 4.90 Å². The lowest BCUT2D eigenvalue weighted by atomic mass is 10.1. The molecule has 6 heteroatoms. The third-order valence-electron chi connectivity index (χ3n) is 5.48. The van der Waals surface area contributed by atoms with Crippen molar-refractivity contribution >= 4 is 28.4 Å². The third-order valence-corrected chi connectivity index (χ3v) is 5.71. The first-order valence-electron chi connectivity index (χ1n) is 10.4. The molecule has 0 N–H and O–H groups in total. The maximum Gasteiger partial charge on any atom is 0.261 e. The van der Waals surface area contributed by atoms with Crippen LogP contribution in [0.1, 0.15) is 60.9 Å². The Bertz CT molecular complexity index is 1110. The van der Waals surface area contributed by atoms with Crippen molar-refractivity contribution in [2.75, 3.05) is 6.54 Å². The maximum absolute atomic E-state index is 13.4.